The molecular weight excluding hydrogens is 202 g/mol. The van der Waals surface area contributed by atoms with Crippen LogP contribution < -0.4 is 5.56 Å². The number of hydrogen-bond donors (Lipinski definition) is 1. The monoisotopic (exact) mass is 207 g/mol. The number of pyridine rings is 1. The Hall–Kier alpha value is -2.51. The second-order valence-electron chi connectivity index (χ2n) is 2.65. The van der Waals surface area contributed by atoms with Crippen LogP contribution in [0.3, 0.4) is 0 Å². The van der Waals surface area contributed by atoms with Gasteiger partial charge < -0.3 is 4.98 Å². The van der Waals surface area contributed by atoms with Crippen LogP contribution in [0.4, 0.5) is 5.69 Å². The highest BCUT2D eigenvalue weighted by Crippen LogP contribution is 2.15. The summed E-state index contributed by atoms with van der Waals surface area (Å²) in [5.74, 6) is 0. The van der Waals surface area contributed by atoms with Crippen LogP contribution in [0.2, 0.25) is 0 Å². The van der Waals surface area contributed by atoms with Crippen molar-refractivity contribution in [1.82, 2.24) is 20.0 Å². The standard InChI is InChI=1S/C7H5N5O3/c13-7-6(11-4-3-9-10-11)5(12(14)15)1-2-8-7/h1-4H,(H,8,13). The SMILES string of the molecule is O=c1[nH]ccc([N+](=O)[O-])c1-n1ccnn1. The number of nitrogens with zero attached hydrogens (tertiary/aromatic N) is 4. The predicted molar refractivity (Wildman–Crippen MR) is 48.6 cm³/mol. The molecule has 0 aliphatic heterocycles. The van der Waals surface area contributed by atoms with Gasteiger partial charge in [0.25, 0.3) is 5.56 Å². The summed E-state index contributed by atoms with van der Waals surface area (Å²) in [5, 5.41) is 17.7. The second kappa shape index (κ2) is 3.33. The molecule has 0 atom stereocenters. The lowest BCUT2D eigenvalue weighted by Gasteiger charge is -1.99. The minimum absolute atomic E-state index is 0.153. The molecule has 8 heteroatoms. The molecule has 0 bridgehead atoms. The highest BCUT2D eigenvalue weighted by atomic mass is 16.6. The third-order valence-electron chi connectivity index (χ3n) is 1.76. The average Bonchev–Trinajstić information content (AvgIpc) is 2.70. The van der Waals surface area contributed by atoms with E-state index in [0.717, 1.165) is 4.68 Å². The Morgan fingerprint density at radius 3 is 2.93 bits per heavy atom. The van der Waals surface area contributed by atoms with E-state index in [2.05, 4.69) is 15.3 Å². The van der Waals surface area contributed by atoms with Gasteiger partial charge in [-0.3, -0.25) is 14.9 Å². The molecule has 2 aromatic rings. The van der Waals surface area contributed by atoms with E-state index in [-0.39, 0.29) is 11.4 Å². The third kappa shape index (κ3) is 1.47. The summed E-state index contributed by atoms with van der Waals surface area (Å²) in [6.45, 7) is 0. The first-order valence-electron chi connectivity index (χ1n) is 3.93. The van der Waals surface area contributed by atoms with E-state index in [1.807, 2.05) is 0 Å². The van der Waals surface area contributed by atoms with Crippen molar-refractivity contribution in [3.63, 3.8) is 0 Å². The first kappa shape index (κ1) is 9.06. The first-order chi connectivity index (χ1) is 7.20. The van der Waals surface area contributed by atoms with E-state index in [1.165, 1.54) is 24.7 Å². The van der Waals surface area contributed by atoms with Crippen LogP contribution in [0, 0.1) is 10.1 Å². The number of nitrogens with one attached hydrogen (secondary N) is 1. The topological polar surface area (TPSA) is 107 Å². The number of aromatic nitrogens is 4. The number of rotatable bonds is 2. The molecule has 0 spiro atoms. The van der Waals surface area contributed by atoms with Crippen LogP contribution in [0.5, 0.6) is 0 Å². The van der Waals surface area contributed by atoms with Gasteiger partial charge >= 0.3 is 5.69 Å². The maximum Gasteiger partial charge on any atom is 0.302 e. The summed E-state index contributed by atoms with van der Waals surface area (Å²) in [4.78, 5) is 23.7. The molecule has 8 nitrogen and oxygen atoms in total. The number of hydrogen-bond acceptors (Lipinski definition) is 5. The zero-order valence-corrected chi connectivity index (χ0v) is 7.32. The Morgan fingerprint density at radius 1 is 1.53 bits per heavy atom. The molecule has 2 rings (SSSR count). The molecule has 0 radical (unpaired) electrons. The summed E-state index contributed by atoms with van der Waals surface area (Å²) in [7, 11) is 0. The Labute approximate surface area is 82.3 Å². The van der Waals surface area contributed by atoms with Gasteiger partial charge in [-0.25, -0.2) is 4.68 Å². The van der Waals surface area contributed by atoms with Crippen LogP contribution in [0.15, 0.2) is 29.5 Å². The summed E-state index contributed by atoms with van der Waals surface area (Å²) < 4.78 is 1.05. The van der Waals surface area contributed by atoms with Crippen LogP contribution in [0.25, 0.3) is 5.69 Å². The maximum atomic E-state index is 11.4. The van der Waals surface area contributed by atoms with E-state index in [1.54, 1.807) is 0 Å². The zero-order valence-electron chi connectivity index (χ0n) is 7.32. The third-order valence-corrected chi connectivity index (χ3v) is 1.76. The summed E-state index contributed by atoms with van der Waals surface area (Å²) in [6, 6.07) is 1.19. The van der Waals surface area contributed by atoms with Crippen LogP contribution in [0.1, 0.15) is 0 Å². The molecule has 2 heterocycles. The van der Waals surface area contributed by atoms with Gasteiger partial charge in [-0.05, 0) is 0 Å². The lowest BCUT2D eigenvalue weighted by molar-refractivity contribution is -0.384. The molecule has 0 saturated carbocycles. The van der Waals surface area contributed by atoms with Gasteiger partial charge in [-0.1, -0.05) is 5.21 Å². The van der Waals surface area contributed by atoms with Gasteiger partial charge in [0.2, 0.25) is 5.69 Å². The molecule has 0 saturated heterocycles. The number of aromatic amines is 1. The number of H-pyrrole nitrogens is 1. The van der Waals surface area contributed by atoms with Gasteiger partial charge in [0, 0.05) is 12.3 Å². The van der Waals surface area contributed by atoms with Gasteiger partial charge in [-0.15, -0.1) is 5.10 Å². The van der Waals surface area contributed by atoms with Gasteiger partial charge in [-0.2, -0.15) is 0 Å². The molecule has 0 fully saturated rings. The normalized spacial score (nSPS) is 10.1. The van der Waals surface area contributed by atoms with Gasteiger partial charge in [0.15, 0.2) is 0 Å². The van der Waals surface area contributed by atoms with Crippen molar-refractivity contribution < 1.29 is 4.92 Å². The first-order valence-corrected chi connectivity index (χ1v) is 3.93. The minimum atomic E-state index is -0.647. The van der Waals surface area contributed by atoms with E-state index in [4.69, 9.17) is 0 Å². The van der Waals surface area contributed by atoms with E-state index in [9.17, 15) is 14.9 Å². The van der Waals surface area contributed by atoms with Crippen molar-refractivity contribution in [2.75, 3.05) is 0 Å². The van der Waals surface area contributed by atoms with Crippen LogP contribution >= 0.6 is 0 Å². The quantitative estimate of drug-likeness (QED) is 0.544. The molecule has 2 aromatic heterocycles. The van der Waals surface area contributed by atoms with Crippen LogP contribution in [-0.2, 0) is 0 Å². The lowest BCUT2D eigenvalue weighted by Crippen LogP contribution is -2.16. The number of nitro groups is 1. The highest BCUT2D eigenvalue weighted by Gasteiger charge is 2.18. The van der Waals surface area contributed by atoms with Crippen LogP contribution in [-0.4, -0.2) is 24.9 Å². The van der Waals surface area contributed by atoms with E-state index >= 15 is 0 Å². The van der Waals surface area contributed by atoms with Gasteiger partial charge in [0.1, 0.15) is 0 Å². The minimum Gasteiger partial charge on any atom is -0.327 e. The molecule has 0 aliphatic carbocycles. The molecule has 15 heavy (non-hydrogen) atoms. The zero-order chi connectivity index (χ0) is 10.8. The largest absolute Gasteiger partial charge is 0.327 e. The fourth-order valence-corrected chi connectivity index (χ4v) is 1.16. The van der Waals surface area contributed by atoms with E-state index in [0.29, 0.717) is 0 Å². The Bertz CT molecular complexity index is 544. The molecule has 0 aromatic carbocycles. The van der Waals surface area contributed by atoms with E-state index < -0.39 is 10.5 Å². The Balaban J connectivity index is 2.74. The average molecular weight is 207 g/mol. The fourth-order valence-electron chi connectivity index (χ4n) is 1.16. The smallest absolute Gasteiger partial charge is 0.302 e. The Kier molecular flexibility index (Phi) is 2.01. The Morgan fingerprint density at radius 2 is 2.33 bits per heavy atom. The van der Waals surface area contributed by atoms with Crippen molar-refractivity contribution in [3.05, 3.63) is 45.1 Å². The molecule has 0 unspecified atom stereocenters. The van der Waals surface area contributed by atoms with Crippen molar-refractivity contribution in [1.29, 1.82) is 0 Å². The highest BCUT2D eigenvalue weighted by molar-refractivity contribution is 5.48. The maximum absolute atomic E-state index is 11.4. The summed E-state index contributed by atoms with van der Waals surface area (Å²) in [5.41, 5.74) is -1.06. The molecule has 1 N–H and O–H groups in total. The molecule has 76 valence electrons. The summed E-state index contributed by atoms with van der Waals surface area (Å²) in [6.07, 6.45) is 3.90. The molecular formula is C7H5N5O3. The van der Waals surface area contributed by atoms with Crippen molar-refractivity contribution in [2.45, 2.75) is 0 Å². The summed E-state index contributed by atoms with van der Waals surface area (Å²) >= 11 is 0. The van der Waals surface area contributed by atoms with Crippen molar-refractivity contribution in [3.8, 4) is 5.69 Å². The van der Waals surface area contributed by atoms with Gasteiger partial charge in [0.05, 0.1) is 17.3 Å². The van der Waals surface area contributed by atoms with Crippen molar-refractivity contribution >= 4 is 5.69 Å². The molecule has 0 amide bonds. The van der Waals surface area contributed by atoms with Crippen molar-refractivity contribution in [2.24, 2.45) is 0 Å². The molecule has 0 aliphatic rings. The lowest BCUT2D eigenvalue weighted by atomic mass is 10.3. The predicted octanol–water partition coefficient (Wildman–Crippen LogP) is -0.136. The second-order valence-corrected chi connectivity index (χ2v) is 2.65. The fraction of sp³-hybridized carbons (Fsp3) is 0.